The number of likely N-dealkylation sites (N-methyl/N-ethyl adjacent to an activating group) is 1. The van der Waals surface area contributed by atoms with Gasteiger partial charge in [0.1, 0.15) is 11.6 Å². The Balaban J connectivity index is 2.20. The van der Waals surface area contributed by atoms with Crippen molar-refractivity contribution in [2.75, 3.05) is 27.2 Å². The molecule has 0 aromatic heterocycles. The standard InChI is InChI=1S/C18H20ClFN2O/c1-22-10-14(13-8-11(20)6-7-17(13)23-2)18-12(16(22)9-21)4-3-5-15(18)19/h3-8,14,16H,9-10,21H2,1-2H3. The van der Waals surface area contributed by atoms with Crippen LogP contribution in [0.15, 0.2) is 36.4 Å². The first-order chi connectivity index (χ1) is 11.1. The van der Waals surface area contributed by atoms with E-state index in [1.807, 2.05) is 25.2 Å². The third kappa shape index (κ3) is 2.82. The van der Waals surface area contributed by atoms with Gasteiger partial charge in [-0.2, -0.15) is 0 Å². The SMILES string of the molecule is COc1ccc(F)cc1C1CN(C)C(CN)c2cccc(Cl)c21. The zero-order chi connectivity index (χ0) is 16.6. The first-order valence-electron chi connectivity index (χ1n) is 7.58. The molecule has 2 N–H and O–H groups in total. The fraction of sp³-hybridized carbons (Fsp3) is 0.333. The summed E-state index contributed by atoms with van der Waals surface area (Å²) in [6.07, 6.45) is 0. The lowest BCUT2D eigenvalue weighted by molar-refractivity contribution is 0.222. The van der Waals surface area contributed by atoms with Crippen molar-refractivity contribution in [1.82, 2.24) is 4.90 Å². The second kappa shape index (κ2) is 6.48. The van der Waals surface area contributed by atoms with Crippen molar-refractivity contribution in [3.8, 4) is 5.75 Å². The Labute approximate surface area is 140 Å². The van der Waals surface area contributed by atoms with Gasteiger partial charge in [-0.3, -0.25) is 4.90 Å². The summed E-state index contributed by atoms with van der Waals surface area (Å²) in [5.41, 5.74) is 8.88. The van der Waals surface area contributed by atoms with Crippen LogP contribution in [0.1, 0.15) is 28.7 Å². The maximum absolute atomic E-state index is 13.8. The zero-order valence-corrected chi connectivity index (χ0v) is 14.0. The lowest BCUT2D eigenvalue weighted by atomic mass is 9.81. The van der Waals surface area contributed by atoms with Crippen LogP contribution in [0.4, 0.5) is 4.39 Å². The number of nitrogens with zero attached hydrogens (tertiary/aromatic N) is 1. The Morgan fingerprint density at radius 3 is 2.78 bits per heavy atom. The molecule has 1 aliphatic rings. The highest BCUT2D eigenvalue weighted by Gasteiger charge is 2.34. The normalized spacial score (nSPS) is 21.1. The molecule has 23 heavy (non-hydrogen) atoms. The highest BCUT2D eigenvalue weighted by Crippen LogP contribution is 2.44. The van der Waals surface area contributed by atoms with E-state index in [9.17, 15) is 4.39 Å². The Bertz CT molecular complexity index is 722. The Morgan fingerprint density at radius 1 is 1.30 bits per heavy atom. The number of nitrogens with two attached hydrogens (primary N) is 1. The second-order valence-electron chi connectivity index (χ2n) is 5.87. The summed E-state index contributed by atoms with van der Waals surface area (Å²) >= 11 is 6.50. The van der Waals surface area contributed by atoms with Crippen molar-refractivity contribution in [1.29, 1.82) is 0 Å². The van der Waals surface area contributed by atoms with E-state index in [1.165, 1.54) is 12.1 Å². The predicted octanol–water partition coefficient (Wildman–Crippen LogP) is 3.56. The van der Waals surface area contributed by atoms with Crippen molar-refractivity contribution in [3.63, 3.8) is 0 Å². The molecule has 1 heterocycles. The largest absolute Gasteiger partial charge is 0.496 e. The summed E-state index contributed by atoms with van der Waals surface area (Å²) < 4.78 is 19.3. The number of rotatable bonds is 3. The molecule has 3 nitrogen and oxygen atoms in total. The number of methoxy groups -OCH3 is 1. The van der Waals surface area contributed by atoms with E-state index in [2.05, 4.69) is 4.90 Å². The third-order valence-corrected chi connectivity index (χ3v) is 4.92. The summed E-state index contributed by atoms with van der Waals surface area (Å²) in [5, 5.41) is 0.686. The highest BCUT2D eigenvalue weighted by atomic mass is 35.5. The van der Waals surface area contributed by atoms with Gasteiger partial charge in [0.2, 0.25) is 0 Å². The van der Waals surface area contributed by atoms with E-state index in [-0.39, 0.29) is 17.8 Å². The highest BCUT2D eigenvalue weighted by molar-refractivity contribution is 6.31. The molecular formula is C18H20ClFN2O. The van der Waals surface area contributed by atoms with E-state index < -0.39 is 0 Å². The van der Waals surface area contributed by atoms with Gasteiger partial charge in [0.05, 0.1) is 7.11 Å². The topological polar surface area (TPSA) is 38.5 Å². The van der Waals surface area contributed by atoms with Crippen LogP contribution < -0.4 is 10.5 Å². The molecule has 0 aliphatic carbocycles. The van der Waals surface area contributed by atoms with E-state index in [4.69, 9.17) is 22.1 Å². The van der Waals surface area contributed by atoms with Gasteiger partial charge in [0.25, 0.3) is 0 Å². The van der Waals surface area contributed by atoms with Crippen LogP contribution in [0.2, 0.25) is 5.02 Å². The number of halogens is 2. The number of ether oxygens (including phenoxy) is 1. The molecule has 0 bridgehead atoms. The Kier molecular flexibility index (Phi) is 4.57. The van der Waals surface area contributed by atoms with Crippen LogP contribution in [0.5, 0.6) is 5.75 Å². The molecule has 0 amide bonds. The first-order valence-corrected chi connectivity index (χ1v) is 7.96. The number of fused-ring (bicyclic) bond motifs is 1. The van der Waals surface area contributed by atoms with Crippen LogP contribution >= 0.6 is 11.6 Å². The Morgan fingerprint density at radius 2 is 2.09 bits per heavy atom. The van der Waals surface area contributed by atoms with Crippen LogP contribution in [0.3, 0.4) is 0 Å². The Hall–Kier alpha value is -1.62. The van der Waals surface area contributed by atoms with E-state index >= 15 is 0 Å². The van der Waals surface area contributed by atoms with Crippen LogP contribution in [-0.4, -0.2) is 32.1 Å². The van der Waals surface area contributed by atoms with Crippen molar-refractivity contribution < 1.29 is 9.13 Å². The minimum atomic E-state index is -0.280. The smallest absolute Gasteiger partial charge is 0.123 e. The fourth-order valence-electron chi connectivity index (χ4n) is 3.49. The van der Waals surface area contributed by atoms with Gasteiger partial charge in [-0.05, 0) is 42.4 Å². The molecule has 2 atom stereocenters. The van der Waals surface area contributed by atoms with Crippen molar-refractivity contribution in [2.45, 2.75) is 12.0 Å². The van der Waals surface area contributed by atoms with Gasteiger partial charge in [-0.25, -0.2) is 4.39 Å². The predicted molar refractivity (Wildman–Crippen MR) is 90.7 cm³/mol. The number of hydrogen-bond acceptors (Lipinski definition) is 3. The first kappa shape index (κ1) is 16.2. The van der Waals surface area contributed by atoms with Gasteiger partial charge in [0, 0.05) is 35.6 Å². The molecule has 2 aromatic carbocycles. The number of hydrogen-bond donors (Lipinski definition) is 1. The quantitative estimate of drug-likeness (QED) is 0.932. The second-order valence-corrected chi connectivity index (χ2v) is 6.28. The minimum Gasteiger partial charge on any atom is -0.496 e. The van der Waals surface area contributed by atoms with Gasteiger partial charge in [0.15, 0.2) is 0 Å². The molecule has 0 radical (unpaired) electrons. The van der Waals surface area contributed by atoms with Crippen LogP contribution in [-0.2, 0) is 0 Å². The van der Waals surface area contributed by atoms with Crippen molar-refractivity contribution >= 4 is 11.6 Å². The summed E-state index contributed by atoms with van der Waals surface area (Å²) in [6.45, 7) is 1.22. The number of benzene rings is 2. The molecule has 0 saturated heterocycles. The van der Waals surface area contributed by atoms with Crippen molar-refractivity contribution in [3.05, 3.63) is 63.9 Å². The molecular weight excluding hydrogens is 315 g/mol. The summed E-state index contributed by atoms with van der Waals surface area (Å²) in [7, 11) is 3.62. The molecule has 122 valence electrons. The molecule has 5 heteroatoms. The molecule has 1 aliphatic heterocycles. The summed E-state index contributed by atoms with van der Waals surface area (Å²) in [6, 6.07) is 10.6. The van der Waals surface area contributed by atoms with Gasteiger partial charge < -0.3 is 10.5 Å². The monoisotopic (exact) mass is 334 g/mol. The fourth-order valence-corrected chi connectivity index (χ4v) is 3.81. The van der Waals surface area contributed by atoms with E-state index in [0.717, 1.165) is 16.7 Å². The zero-order valence-electron chi connectivity index (χ0n) is 13.2. The molecule has 2 unspecified atom stereocenters. The van der Waals surface area contributed by atoms with Gasteiger partial charge in [-0.1, -0.05) is 23.7 Å². The van der Waals surface area contributed by atoms with Crippen LogP contribution in [0.25, 0.3) is 0 Å². The maximum atomic E-state index is 13.8. The van der Waals surface area contributed by atoms with Gasteiger partial charge >= 0.3 is 0 Å². The lowest BCUT2D eigenvalue weighted by Gasteiger charge is -2.39. The molecule has 0 saturated carbocycles. The molecule has 0 fully saturated rings. The molecule has 2 aromatic rings. The summed E-state index contributed by atoms with van der Waals surface area (Å²) in [4.78, 5) is 2.19. The molecule has 3 rings (SSSR count). The molecule has 0 spiro atoms. The van der Waals surface area contributed by atoms with E-state index in [0.29, 0.717) is 23.9 Å². The lowest BCUT2D eigenvalue weighted by Crippen LogP contribution is -2.39. The summed E-state index contributed by atoms with van der Waals surface area (Å²) in [5.74, 6) is 0.331. The van der Waals surface area contributed by atoms with E-state index in [1.54, 1.807) is 13.2 Å². The maximum Gasteiger partial charge on any atom is 0.123 e. The van der Waals surface area contributed by atoms with Crippen LogP contribution in [0, 0.1) is 5.82 Å². The third-order valence-electron chi connectivity index (χ3n) is 4.59. The minimum absolute atomic E-state index is 0.0582. The average molecular weight is 335 g/mol. The van der Waals surface area contributed by atoms with Gasteiger partial charge in [-0.15, -0.1) is 0 Å². The average Bonchev–Trinajstić information content (AvgIpc) is 2.54. The van der Waals surface area contributed by atoms with Crippen molar-refractivity contribution in [2.24, 2.45) is 5.73 Å².